The molecule has 0 amide bonds. The molecule has 5 rings (SSSR count). The van der Waals surface area contributed by atoms with Crippen molar-refractivity contribution >= 4 is 17.3 Å². The Bertz CT molecular complexity index is 1390. The van der Waals surface area contributed by atoms with Gasteiger partial charge in [-0.25, -0.2) is 0 Å². The Hall–Kier alpha value is -3.80. The van der Waals surface area contributed by atoms with Gasteiger partial charge >= 0.3 is 0 Å². The number of carbonyl (C=O) groups excluding carboxylic acids is 2. The molecule has 0 radical (unpaired) electrons. The molecule has 1 aromatic heterocycles. The average molecular weight is 511 g/mol. The first kappa shape index (κ1) is 25.8. The van der Waals surface area contributed by atoms with Crippen LogP contribution in [0.1, 0.15) is 91.2 Å². The fourth-order valence-electron chi connectivity index (χ4n) is 5.62. The van der Waals surface area contributed by atoms with E-state index in [9.17, 15) is 14.7 Å². The van der Waals surface area contributed by atoms with E-state index in [0.29, 0.717) is 60.4 Å². The number of hydrogen-bond donors (Lipinski definition) is 1. The summed E-state index contributed by atoms with van der Waals surface area (Å²) >= 11 is 0. The van der Waals surface area contributed by atoms with Gasteiger partial charge in [0.1, 0.15) is 11.5 Å². The number of carbonyl (C=O) groups is 2. The lowest BCUT2D eigenvalue weighted by atomic mass is 9.78. The molecule has 6 nitrogen and oxygen atoms in total. The minimum Gasteiger partial charge on any atom is -0.511 e. The molecule has 1 saturated carbocycles. The number of fused-ring (bicyclic) bond motifs is 1. The van der Waals surface area contributed by atoms with Gasteiger partial charge < -0.3 is 9.63 Å². The predicted molar refractivity (Wildman–Crippen MR) is 147 cm³/mol. The number of aromatic nitrogens is 1. The number of aliphatic hydroxyl groups excluding tert-OH is 1. The third kappa shape index (κ3) is 5.54. The van der Waals surface area contributed by atoms with Crippen LogP contribution in [0.3, 0.4) is 0 Å². The van der Waals surface area contributed by atoms with Gasteiger partial charge in [0.2, 0.25) is 0 Å². The van der Waals surface area contributed by atoms with Crippen molar-refractivity contribution < 1.29 is 19.2 Å². The van der Waals surface area contributed by atoms with E-state index < -0.39 is 5.54 Å². The second-order valence-electron chi connectivity index (χ2n) is 11.4. The van der Waals surface area contributed by atoms with Gasteiger partial charge in [-0.1, -0.05) is 65.8 Å². The quantitative estimate of drug-likeness (QED) is 0.304. The molecule has 0 saturated heterocycles. The van der Waals surface area contributed by atoms with Crippen molar-refractivity contribution in [1.82, 2.24) is 5.16 Å². The Morgan fingerprint density at radius 3 is 2.08 bits per heavy atom. The van der Waals surface area contributed by atoms with Crippen LogP contribution in [0.5, 0.6) is 0 Å². The molecule has 3 aromatic rings. The average Bonchev–Trinajstić information content (AvgIpc) is 3.31. The molecule has 0 bridgehead atoms. The lowest BCUT2D eigenvalue weighted by molar-refractivity contribution is -0.116. The number of nitrogens with zero attached hydrogens (tertiary/aromatic N) is 2. The molecule has 0 aliphatic heterocycles. The molecule has 2 aliphatic carbocycles. The number of rotatable bonds is 5. The number of Topliss-reactive ketones (excluding diaryl/α,β-unsaturated/α-hetero) is 2. The third-order valence-corrected chi connectivity index (χ3v) is 7.31. The Morgan fingerprint density at radius 2 is 1.47 bits per heavy atom. The molecular formula is C32H34N2O4. The number of ketones is 2. The van der Waals surface area contributed by atoms with E-state index in [1.54, 1.807) is 0 Å². The fourth-order valence-corrected chi connectivity index (χ4v) is 5.62. The van der Waals surface area contributed by atoms with Crippen LogP contribution in [0.15, 0.2) is 81.5 Å². The van der Waals surface area contributed by atoms with Gasteiger partial charge in [-0.3, -0.25) is 14.6 Å². The van der Waals surface area contributed by atoms with Gasteiger partial charge in [-0.15, -0.1) is 0 Å². The van der Waals surface area contributed by atoms with Gasteiger partial charge in [0.15, 0.2) is 11.6 Å². The topological polar surface area (TPSA) is 92.8 Å². The van der Waals surface area contributed by atoms with Crippen LogP contribution in [0, 0.1) is 0 Å². The van der Waals surface area contributed by atoms with E-state index in [4.69, 9.17) is 9.52 Å². The van der Waals surface area contributed by atoms with E-state index >= 15 is 0 Å². The van der Waals surface area contributed by atoms with Crippen molar-refractivity contribution in [3.8, 4) is 0 Å². The molecular weight excluding hydrogens is 476 g/mol. The zero-order valence-electron chi connectivity index (χ0n) is 22.2. The van der Waals surface area contributed by atoms with Gasteiger partial charge in [-0.05, 0) is 50.2 Å². The molecule has 196 valence electrons. The zero-order chi connectivity index (χ0) is 26.9. The summed E-state index contributed by atoms with van der Waals surface area (Å²) in [7, 11) is 0. The van der Waals surface area contributed by atoms with Crippen LogP contribution < -0.4 is 0 Å². The van der Waals surface area contributed by atoms with Crippen molar-refractivity contribution in [2.45, 2.75) is 76.7 Å². The first-order valence-electron chi connectivity index (χ1n) is 13.3. The summed E-state index contributed by atoms with van der Waals surface area (Å²) in [6.07, 6.45) is 2.44. The van der Waals surface area contributed by atoms with E-state index in [0.717, 1.165) is 11.1 Å². The lowest BCUT2D eigenvalue weighted by Gasteiger charge is -2.28. The number of aliphatic imine (C=N–C) groups is 1. The van der Waals surface area contributed by atoms with Crippen LogP contribution >= 0.6 is 0 Å². The van der Waals surface area contributed by atoms with Crippen molar-refractivity contribution in [3.63, 3.8) is 0 Å². The summed E-state index contributed by atoms with van der Waals surface area (Å²) in [5, 5.41) is 15.4. The normalized spacial score (nSPS) is 22.4. The highest BCUT2D eigenvalue weighted by Gasteiger charge is 2.35. The van der Waals surface area contributed by atoms with Gasteiger partial charge in [-0.2, -0.15) is 0 Å². The molecule has 2 atom stereocenters. The molecule has 6 heteroatoms. The first-order valence-corrected chi connectivity index (χ1v) is 13.3. The van der Waals surface area contributed by atoms with Crippen LogP contribution in [0.2, 0.25) is 0 Å². The molecule has 1 fully saturated rings. The zero-order valence-corrected chi connectivity index (χ0v) is 22.2. The Morgan fingerprint density at radius 1 is 0.895 bits per heavy atom. The smallest absolute Gasteiger partial charge is 0.168 e. The summed E-state index contributed by atoms with van der Waals surface area (Å²) < 4.78 is 5.60. The highest BCUT2D eigenvalue weighted by atomic mass is 16.5. The van der Waals surface area contributed by atoms with Crippen molar-refractivity contribution in [1.29, 1.82) is 0 Å². The maximum absolute atomic E-state index is 13.3. The van der Waals surface area contributed by atoms with E-state index in [1.807, 2.05) is 81.4 Å². The number of allylic oxidation sites excluding steroid dienone is 2. The lowest BCUT2D eigenvalue weighted by Crippen LogP contribution is -2.29. The summed E-state index contributed by atoms with van der Waals surface area (Å²) in [6.45, 7) is 5.96. The SMILES string of the molecule is CC(C)(C)N=C1CC(c2ccccc2)CC(=O)C1=C(O)CCc1noc2c1C(=O)CC(c1ccccc1)C2. The summed E-state index contributed by atoms with van der Waals surface area (Å²) in [5.74, 6) is 0.617. The highest BCUT2D eigenvalue weighted by Crippen LogP contribution is 2.36. The van der Waals surface area contributed by atoms with Gasteiger partial charge in [0.05, 0.1) is 28.1 Å². The number of aliphatic hydroxyl groups is 1. The number of benzene rings is 2. The molecule has 1 N–H and O–H groups in total. The molecule has 2 aliphatic rings. The van der Waals surface area contributed by atoms with Gasteiger partial charge in [0, 0.05) is 32.1 Å². The third-order valence-electron chi connectivity index (χ3n) is 7.31. The summed E-state index contributed by atoms with van der Waals surface area (Å²) in [5.41, 5.74) is 3.86. The van der Waals surface area contributed by atoms with Crippen molar-refractivity contribution in [2.24, 2.45) is 4.99 Å². The molecule has 2 unspecified atom stereocenters. The van der Waals surface area contributed by atoms with Crippen molar-refractivity contribution in [3.05, 3.63) is 100 Å². The van der Waals surface area contributed by atoms with Crippen LogP contribution in [-0.2, 0) is 17.6 Å². The van der Waals surface area contributed by atoms with E-state index in [1.165, 1.54) is 0 Å². The Labute approximate surface area is 223 Å². The van der Waals surface area contributed by atoms with Crippen molar-refractivity contribution in [2.75, 3.05) is 0 Å². The fraction of sp³-hybridized carbons (Fsp3) is 0.375. The second kappa shape index (κ2) is 10.5. The highest BCUT2D eigenvalue weighted by molar-refractivity contribution is 6.25. The maximum Gasteiger partial charge on any atom is 0.168 e. The molecule has 0 spiro atoms. The first-order chi connectivity index (χ1) is 18.2. The molecule has 2 aromatic carbocycles. The number of aryl methyl sites for hydroxylation is 1. The van der Waals surface area contributed by atoms with Crippen LogP contribution in [0.4, 0.5) is 0 Å². The summed E-state index contributed by atoms with van der Waals surface area (Å²) in [4.78, 5) is 31.3. The summed E-state index contributed by atoms with van der Waals surface area (Å²) in [6, 6.07) is 20.0. The maximum atomic E-state index is 13.3. The second-order valence-corrected chi connectivity index (χ2v) is 11.4. The number of hydrogen-bond acceptors (Lipinski definition) is 6. The largest absolute Gasteiger partial charge is 0.511 e. The Kier molecular flexibility index (Phi) is 7.15. The van der Waals surface area contributed by atoms with E-state index in [-0.39, 0.29) is 35.6 Å². The standard InChI is InChI=1S/C32H34N2O4/c1-32(2,3)33-25-16-22(20-10-6-4-7-11-20)17-27(36)30(25)26(35)15-14-24-31-28(37)18-23(19-29(31)38-34-24)21-12-8-5-9-13-21/h4-13,22-23,35H,14-19H2,1-3H3. The van der Waals surface area contributed by atoms with Crippen LogP contribution in [-0.4, -0.2) is 33.1 Å². The molecule has 38 heavy (non-hydrogen) atoms. The minimum atomic E-state index is -0.396. The van der Waals surface area contributed by atoms with E-state index in [2.05, 4.69) is 5.16 Å². The predicted octanol–water partition coefficient (Wildman–Crippen LogP) is 6.72. The minimum absolute atomic E-state index is 0.00619. The van der Waals surface area contributed by atoms with Gasteiger partial charge in [0.25, 0.3) is 0 Å². The monoisotopic (exact) mass is 510 g/mol. The van der Waals surface area contributed by atoms with Crippen LogP contribution in [0.25, 0.3) is 0 Å². The molecule has 1 heterocycles. The Balaban J connectivity index is 1.37.